The number of rotatable bonds is 5. The van der Waals surface area contributed by atoms with Crippen LogP contribution >= 0.6 is 0 Å². The summed E-state index contributed by atoms with van der Waals surface area (Å²) in [5.74, 6) is 0. The van der Waals surface area contributed by atoms with Gasteiger partial charge in [-0.2, -0.15) is 25.9 Å². The molecule has 0 spiro atoms. The van der Waals surface area contributed by atoms with Crippen LogP contribution in [-0.4, -0.2) is 33.4 Å². The van der Waals surface area contributed by atoms with Crippen molar-refractivity contribution >= 4 is 10.2 Å². The van der Waals surface area contributed by atoms with Crippen molar-refractivity contribution in [2.75, 3.05) is 20.6 Å². The van der Waals surface area contributed by atoms with Crippen LogP contribution in [-0.2, 0) is 22.8 Å². The van der Waals surface area contributed by atoms with Gasteiger partial charge in [-0.1, -0.05) is 12.1 Å². The standard InChI is InChI=1S/C11H15F3N2O2S/c1-16(2)19(17,18)15-8-7-9-3-5-10(6-4-9)11(12,13)14/h3-6,15H,7-8H2,1-2H3. The molecule has 1 N–H and O–H groups in total. The molecule has 0 atom stereocenters. The summed E-state index contributed by atoms with van der Waals surface area (Å²) in [7, 11) is -0.718. The van der Waals surface area contributed by atoms with Crippen LogP contribution in [0.3, 0.4) is 0 Å². The Hall–Kier alpha value is -1.12. The maximum Gasteiger partial charge on any atom is 0.416 e. The molecule has 1 aromatic rings. The van der Waals surface area contributed by atoms with Crippen molar-refractivity contribution in [3.05, 3.63) is 35.4 Å². The average molecular weight is 296 g/mol. The molecule has 0 radical (unpaired) electrons. The van der Waals surface area contributed by atoms with E-state index < -0.39 is 21.9 Å². The summed E-state index contributed by atoms with van der Waals surface area (Å²) in [4.78, 5) is 0. The minimum atomic E-state index is -4.36. The van der Waals surface area contributed by atoms with Crippen LogP contribution in [0.5, 0.6) is 0 Å². The third-order valence-electron chi connectivity index (χ3n) is 2.46. The molecule has 0 saturated carbocycles. The summed E-state index contributed by atoms with van der Waals surface area (Å²) in [5, 5.41) is 0. The van der Waals surface area contributed by atoms with Gasteiger partial charge in [0.15, 0.2) is 0 Å². The number of alkyl halides is 3. The predicted octanol–water partition coefficient (Wildman–Crippen LogP) is 1.64. The average Bonchev–Trinajstić information content (AvgIpc) is 2.28. The summed E-state index contributed by atoms with van der Waals surface area (Å²) in [6.07, 6.45) is -4.03. The maximum absolute atomic E-state index is 12.3. The second kappa shape index (κ2) is 5.89. The van der Waals surface area contributed by atoms with Crippen LogP contribution in [0.1, 0.15) is 11.1 Å². The van der Waals surface area contributed by atoms with Gasteiger partial charge in [-0.05, 0) is 24.1 Å². The number of nitrogens with one attached hydrogen (secondary N) is 1. The van der Waals surface area contributed by atoms with Gasteiger partial charge in [-0.15, -0.1) is 0 Å². The topological polar surface area (TPSA) is 49.4 Å². The Bertz CT molecular complexity index is 510. The lowest BCUT2D eigenvalue weighted by Gasteiger charge is -2.12. The SMILES string of the molecule is CN(C)S(=O)(=O)NCCc1ccc(C(F)(F)F)cc1. The van der Waals surface area contributed by atoms with E-state index >= 15 is 0 Å². The number of halogens is 3. The second-order valence-corrected chi connectivity index (χ2v) is 6.10. The molecule has 0 unspecified atom stereocenters. The minimum Gasteiger partial charge on any atom is -0.202 e. The van der Waals surface area contributed by atoms with Gasteiger partial charge < -0.3 is 0 Å². The number of hydrogen-bond donors (Lipinski definition) is 1. The molecular formula is C11H15F3N2O2S. The van der Waals surface area contributed by atoms with Gasteiger partial charge in [-0.25, -0.2) is 4.72 Å². The normalized spacial score (nSPS) is 12.9. The third kappa shape index (κ3) is 4.81. The molecule has 19 heavy (non-hydrogen) atoms. The predicted molar refractivity (Wildman–Crippen MR) is 65.8 cm³/mol. The molecule has 0 bridgehead atoms. The van der Waals surface area contributed by atoms with E-state index in [1.807, 2.05) is 0 Å². The molecule has 8 heteroatoms. The first-order valence-electron chi connectivity index (χ1n) is 5.46. The second-order valence-electron chi connectivity index (χ2n) is 4.13. The molecule has 0 saturated heterocycles. The molecule has 0 heterocycles. The lowest BCUT2D eigenvalue weighted by molar-refractivity contribution is -0.137. The fraction of sp³-hybridized carbons (Fsp3) is 0.455. The van der Waals surface area contributed by atoms with Crippen molar-refractivity contribution in [1.82, 2.24) is 9.03 Å². The van der Waals surface area contributed by atoms with E-state index in [4.69, 9.17) is 0 Å². The summed E-state index contributed by atoms with van der Waals surface area (Å²) in [6.45, 7) is 0.131. The Morgan fingerprint density at radius 1 is 1.16 bits per heavy atom. The van der Waals surface area contributed by atoms with Gasteiger partial charge in [0.05, 0.1) is 5.56 Å². The molecule has 0 aliphatic rings. The van der Waals surface area contributed by atoms with Crippen LogP contribution in [0.15, 0.2) is 24.3 Å². The monoisotopic (exact) mass is 296 g/mol. The third-order valence-corrected chi connectivity index (χ3v) is 3.99. The first-order chi connectivity index (χ1) is 8.63. The highest BCUT2D eigenvalue weighted by Gasteiger charge is 2.29. The smallest absolute Gasteiger partial charge is 0.202 e. The Morgan fingerprint density at radius 3 is 2.11 bits per heavy atom. The number of benzene rings is 1. The summed E-state index contributed by atoms with van der Waals surface area (Å²) >= 11 is 0. The van der Waals surface area contributed by atoms with Crippen molar-refractivity contribution in [2.24, 2.45) is 0 Å². The van der Waals surface area contributed by atoms with Gasteiger partial charge in [-0.3, -0.25) is 0 Å². The zero-order chi connectivity index (χ0) is 14.7. The minimum absolute atomic E-state index is 0.131. The molecule has 0 amide bonds. The van der Waals surface area contributed by atoms with Gasteiger partial charge >= 0.3 is 6.18 Å². The Labute approximate surface area is 110 Å². The molecule has 0 aromatic heterocycles. The zero-order valence-electron chi connectivity index (χ0n) is 10.5. The fourth-order valence-corrected chi connectivity index (χ4v) is 1.93. The van der Waals surface area contributed by atoms with Gasteiger partial charge in [0, 0.05) is 20.6 Å². The Balaban J connectivity index is 2.56. The molecule has 0 fully saturated rings. The van der Waals surface area contributed by atoms with Crippen LogP contribution in [0.2, 0.25) is 0 Å². The molecule has 108 valence electrons. The van der Waals surface area contributed by atoms with E-state index in [1.54, 1.807) is 0 Å². The summed E-state index contributed by atoms with van der Waals surface area (Å²) < 4.78 is 63.1. The highest BCUT2D eigenvalue weighted by molar-refractivity contribution is 7.87. The largest absolute Gasteiger partial charge is 0.416 e. The first kappa shape index (κ1) is 15.9. The van der Waals surface area contributed by atoms with E-state index in [9.17, 15) is 21.6 Å². The maximum atomic E-state index is 12.3. The molecule has 4 nitrogen and oxygen atoms in total. The van der Waals surface area contributed by atoms with Crippen LogP contribution < -0.4 is 4.72 Å². The summed E-state index contributed by atoms with van der Waals surface area (Å²) in [5.41, 5.74) is -0.0837. The highest BCUT2D eigenvalue weighted by Crippen LogP contribution is 2.29. The lowest BCUT2D eigenvalue weighted by atomic mass is 10.1. The molecule has 1 rings (SSSR count). The molecular weight excluding hydrogens is 281 g/mol. The van der Waals surface area contributed by atoms with Gasteiger partial charge in [0.25, 0.3) is 10.2 Å². The Morgan fingerprint density at radius 2 is 1.68 bits per heavy atom. The van der Waals surface area contributed by atoms with Crippen molar-refractivity contribution in [3.63, 3.8) is 0 Å². The van der Waals surface area contributed by atoms with E-state index in [2.05, 4.69) is 4.72 Å². The molecule has 0 aliphatic carbocycles. The zero-order valence-corrected chi connectivity index (χ0v) is 11.3. The number of nitrogens with zero attached hydrogens (tertiary/aromatic N) is 1. The van der Waals surface area contributed by atoms with E-state index in [0.717, 1.165) is 16.4 Å². The van der Waals surface area contributed by atoms with Crippen molar-refractivity contribution in [1.29, 1.82) is 0 Å². The van der Waals surface area contributed by atoms with E-state index in [-0.39, 0.29) is 6.54 Å². The molecule has 0 aliphatic heterocycles. The van der Waals surface area contributed by atoms with Crippen molar-refractivity contribution < 1.29 is 21.6 Å². The van der Waals surface area contributed by atoms with Crippen LogP contribution in [0.25, 0.3) is 0 Å². The number of hydrogen-bond acceptors (Lipinski definition) is 2. The highest BCUT2D eigenvalue weighted by atomic mass is 32.2. The van der Waals surface area contributed by atoms with Gasteiger partial charge in [0.2, 0.25) is 0 Å². The quantitative estimate of drug-likeness (QED) is 0.898. The first-order valence-corrected chi connectivity index (χ1v) is 6.90. The lowest BCUT2D eigenvalue weighted by Crippen LogP contribution is -2.36. The van der Waals surface area contributed by atoms with Crippen LogP contribution in [0.4, 0.5) is 13.2 Å². The van der Waals surface area contributed by atoms with Crippen molar-refractivity contribution in [2.45, 2.75) is 12.6 Å². The molecule has 1 aromatic carbocycles. The van der Waals surface area contributed by atoms with Gasteiger partial charge in [0.1, 0.15) is 0 Å². The fourth-order valence-electron chi connectivity index (χ4n) is 1.31. The van der Waals surface area contributed by atoms with Crippen molar-refractivity contribution in [3.8, 4) is 0 Å². The summed E-state index contributed by atoms with van der Waals surface area (Å²) in [6, 6.07) is 4.64. The Kier molecular flexibility index (Phi) is 4.94. The van der Waals surface area contributed by atoms with Crippen LogP contribution in [0, 0.1) is 0 Å². The van der Waals surface area contributed by atoms with E-state index in [0.29, 0.717) is 12.0 Å². The van der Waals surface area contributed by atoms with E-state index in [1.165, 1.54) is 26.2 Å².